The quantitative estimate of drug-likeness (QED) is 0.116. The summed E-state index contributed by atoms with van der Waals surface area (Å²) in [5, 5.41) is 29.8. The zero-order chi connectivity index (χ0) is 28.5. The number of carboxylic acid groups (broad SMARTS) is 1. The fraction of sp³-hybridized carbons (Fsp3) is 0.333. The third kappa shape index (κ3) is 6.32. The average Bonchev–Trinajstić information content (AvgIpc) is 3.55. The summed E-state index contributed by atoms with van der Waals surface area (Å²) in [5.41, 5.74) is 12.3. The van der Waals surface area contributed by atoms with Gasteiger partial charge in [-0.2, -0.15) is 4.98 Å². The molecule has 18 heteroatoms. The molecule has 0 radical (unpaired) electrons. The predicted octanol–water partition coefficient (Wildman–Crippen LogP) is -1.45. The van der Waals surface area contributed by atoms with E-state index in [0.717, 1.165) is 16.5 Å². The summed E-state index contributed by atoms with van der Waals surface area (Å²) in [7, 11) is -4.76. The molecule has 3 aromatic heterocycles. The summed E-state index contributed by atoms with van der Waals surface area (Å²) in [6.07, 6.45) is -2.06. The molecule has 0 saturated carbocycles. The van der Waals surface area contributed by atoms with Crippen molar-refractivity contribution < 1.29 is 43.7 Å². The first-order chi connectivity index (χ1) is 18.4. The van der Waals surface area contributed by atoms with Crippen LogP contribution >= 0.6 is 7.82 Å². The standard InChI is InChI=1S/C11H12N2O2.C10H14N5O8P/c12-9(11(14)15)5-7-6-13-10-4-2-1-3-8(7)10;11-10-13-7-4(8(18)14-10)12-2-15(7)9-6(17)5(16)3(23-9)1-22-24(19,20)21/h1-4,6,9,13H,5,12H2,(H,14,15);2-3,5-6,9,16-17H,1H2,(H2,19,20,21)(H3,11,13,14,18)/t9-;3-,5-,6-,9-/m01/s1. The molecule has 1 fully saturated rings. The number of aromatic amines is 2. The number of ether oxygens (including phenoxy) is 1. The highest BCUT2D eigenvalue weighted by Crippen LogP contribution is 2.38. The van der Waals surface area contributed by atoms with E-state index >= 15 is 0 Å². The van der Waals surface area contributed by atoms with Gasteiger partial charge in [-0.15, -0.1) is 0 Å². The molecule has 0 aliphatic carbocycles. The van der Waals surface area contributed by atoms with Crippen LogP contribution in [0.25, 0.3) is 22.1 Å². The van der Waals surface area contributed by atoms with Gasteiger partial charge in [0.25, 0.3) is 5.56 Å². The molecular weight excluding hydrogens is 541 g/mol. The van der Waals surface area contributed by atoms with E-state index < -0.39 is 56.5 Å². The van der Waals surface area contributed by atoms with Crippen molar-refractivity contribution in [1.29, 1.82) is 0 Å². The van der Waals surface area contributed by atoms with Crippen LogP contribution < -0.4 is 17.0 Å². The highest BCUT2D eigenvalue weighted by Gasteiger charge is 2.45. The number of fused-ring (bicyclic) bond motifs is 2. The minimum absolute atomic E-state index is 0.0176. The molecular formula is C21H26N7O10P. The largest absolute Gasteiger partial charge is 0.480 e. The average molecular weight is 567 g/mol. The first-order valence-electron chi connectivity index (χ1n) is 11.3. The van der Waals surface area contributed by atoms with Crippen LogP contribution in [0.2, 0.25) is 0 Å². The second-order valence-corrected chi connectivity index (χ2v) is 9.86. The van der Waals surface area contributed by atoms with Crippen LogP contribution in [0.15, 0.2) is 41.6 Å². The van der Waals surface area contributed by atoms with E-state index in [-0.39, 0.29) is 17.1 Å². The maximum absolute atomic E-state index is 11.7. The number of aliphatic hydroxyl groups excluding tert-OH is 2. The fourth-order valence-electron chi connectivity index (χ4n) is 4.02. The Kier molecular flexibility index (Phi) is 8.15. The number of nitrogens with zero attached hydrogens (tertiary/aromatic N) is 3. The number of H-pyrrole nitrogens is 2. The summed E-state index contributed by atoms with van der Waals surface area (Å²) in [5.74, 6) is -1.15. The minimum Gasteiger partial charge on any atom is -0.480 e. The number of nitrogens with two attached hydrogens (primary N) is 2. The Morgan fingerprint density at radius 1 is 1.26 bits per heavy atom. The number of aliphatic hydroxyl groups is 2. The number of imidazole rings is 1. The lowest BCUT2D eigenvalue weighted by Gasteiger charge is -2.16. The summed E-state index contributed by atoms with van der Waals surface area (Å²) >= 11 is 0. The van der Waals surface area contributed by atoms with Gasteiger partial charge in [0.15, 0.2) is 17.4 Å². The van der Waals surface area contributed by atoms with Gasteiger partial charge in [-0.1, -0.05) is 18.2 Å². The third-order valence-electron chi connectivity index (χ3n) is 5.90. The molecule has 0 unspecified atom stereocenters. The summed E-state index contributed by atoms with van der Waals surface area (Å²) < 4.78 is 21.6. The highest BCUT2D eigenvalue weighted by atomic mass is 31.2. The molecule has 17 nitrogen and oxygen atoms in total. The normalized spacial score (nSPS) is 22.1. The lowest BCUT2D eigenvalue weighted by molar-refractivity contribution is -0.138. The number of aliphatic carboxylic acids is 1. The van der Waals surface area contributed by atoms with Gasteiger partial charge in [-0.05, 0) is 11.6 Å². The molecule has 5 rings (SSSR count). The van der Waals surface area contributed by atoms with Crippen molar-refractivity contribution >= 4 is 41.8 Å². The number of nitrogen functional groups attached to an aromatic ring is 1. The number of phosphoric acid groups is 1. The van der Waals surface area contributed by atoms with Gasteiger partial charge in [-0.3, -0.25) is 23.7 Å². The Labute approximate surface area is 218 Å². The summed E-state index contributed by atoms with van der Waals surface area (Å²) in [6, 6.07) is 6.91. The summed E-state index contributed by atoms with van der Waals surface area (Å²) in [6.45, 7) is -0.651. The number of benzene rings is 1. The van der Waals surface area contributed by atoms with Gasteiger partial charge in [0.05, 0.1) is 12.9 Å². The maximum Gasteiger partial charge on any atom is 0.469 e. The van der Waals surface area contributed by atoms with Crippen LogP contribution in [0.5, 0.6) is 0 Å². The number of carboxylic acids is 1. The van der Waals surface area contributed by atoms with Crippen molar-refractivity contribution in [1.82, 2.24) is 24.5 Å². The van der Waals surface area contributed by atoms with Crippen molar-refractivity contribution in [2.45, 2.75) is 37.0 Å². The third-order valence-corrected chi connectivity index (χ3v) is 6.39. The molecule has 1 aromatic carbocycles. The van der Waals surface area contributed by atoms with Crippen molar-refractivity contribution in [2.24, 2.45) is 5.73 Å². The van der Waals surface area contributed by atoms with Gasteiger partial charge >= 0.3 is 13.8 Å². The maximum atomic E-state index is 11.7. The molecule has 0 bridgehead atoms. The zero-order valence-corrected chi connectivity index (χ0v) is 20.9. The van der Waals surface area contributed by atoms with Crippen molar-refractivity contribution in [3.63, 3.8) is 0 Å². The van der Waals surface area contributed by atoms with Crippen molar-refractivity contribution in [3.8, 4) is 0 Å². The monoisotopic (exact) mass is 567 g/mol. The number of nitrogens with one attached hydrogen (secondary N) is 2. The van der Waals surface area contributed by atoms with Gasteiger partial charge in [0.1, 0.15) is 24.4 Å². The Morgan fingerprint density at radius 2 is 1.97 bits per heavy atom. The van der Waals surface area contributed by atoms with Crippen LogP contribution in [0.3, 0.4) is 0 Å². The molecule has 0 spiro atoms. The number of aromatic nitrogens is 5. The van der Waals surface area contributed by atoms with Crippen LogP contribution in [0.4, 0.5) is 5.95 Å². The van der Waals surface area contributed by atoms with Gasteiger partial charge in [0.2, 0.25) is 5.95 Å². The lowest BCUT2D eigenvalue weighted by Crippen LogP contribution is -2.33. The molecule has 210 valence electrons. The van der Waals surface area contributed by atoms with Crippen LogP contribution in [-0.4, -0.2) is 86.5 Å². The molecule has 1 aliphatic heterocycles. The van der Waals surface area contributed by atoms with Gasteiger partial charge in [-0.25, -0.2) is 9.55 Å². The number of hydrogen-bond acceptors (Lipinski definition) is 11. The van der Waals surface area contributed by atoms with Crippen molar-refractivity contribution in [2.75, 3.05) is 12.3 Å². The van der Waals surface area contributed by atoms with E-state index in [2.05, 4.69) is 24.5 Å². The van der Waals surface area contributed by atoms with Crippen LogP contribution in [-0.2, 0) is 25.0 Å². The van der Waals surface area contributed by atoms with E-state index in [1.54, 1.807) is 0 Å². The topological polar surface area (TPSA) is 285 Å². The van der Waals surface area contributed by atoms with E-state index in [0.29, 0.717) is 6.42 Å². The molecule has 1 aliphatic rings. The second kappa shape index (κ2) is 11.2. The first kappa shape index (κ1) is 28.3. The lowest BCUT2D eigenvalue weighted by atomic mass is 10.1. The van der Waals surface area contributed by atoms with E-state index in [1.165, 1.54) is 10.9 Å². The first-order valence-corrected chi connectivity index (χ1v) is 12.9. The number of anilines is 1. The Hall–Kier alpha value is -3.67. The smallest absolute Gasteiger partial charge is 0.469 e. The number of phosphoric ester groups is 1. The Balaban J connectivity index is 0.000000202. The number of hydrogen-bond donors (Lipinski definition) is 9. The summed E-state index contributed by atoms with van der Waals surface area (Å²) in [4.78, 5) is 52.8. The molecule has 0 amide bonds. The number of carbonyl (C=O) groups is 1. The molecule has 39 heavy (non-hydrogen) atoms. The number of rotatable bonds is 7. The van der Waals surface area contributed by atoms with E-state index in [9.17, 15) is 24.4 Å². The molecule has 4 aromatic rings. The molecule has 11 N–H and O–H groups in total. The minimum atomic E-state index is -4.76. The second-order valence-electron chi connectivity index (χ2n) is 8.62. The van der Waals surface area contributed by atoms with Crippen LogP contribution in [0, 0.1) is 0 Å². The Morgan fingerprint density at radius 3 is 2.67 bits per heavy atom. The van der Waals surface area contributed by atoms with Gasteiger partial charge in [0, 0.05) is 23.5 Å². The predicted molar refractivity (Wildman–Crippen MR) is 134 cm³/mol. The SMILES string of the molecule is N[C@@H](Cc1c[nH]c2ccccc12)C(=O)O.Nc1nc2c(ncn2[C@@H]2O[C@H](COP(=O)(O)O)[C@@H](O)[C@H]2O)c(=O)[nH]1. The van der Waals surface area contributed by atoms with E-state index in [4.69, 9.17) is 31.1 Å². The van der Waals surface area contributed by atoms with Gasteiger partial charge < -0.3 is 46.3 Å². The van der Waals surface area contributed by atoms with E-state index in [1.807, 2.05) is 30.5 Å². The fourth-order valence-corrected chi connectivity index (χ4v) is 4.36. The molecule has 5 atom stereocenters. The zero-order valence-electron chi connectivity index (χ0n) is 20.0. The molecule has 4 heterocycles. The van der Waals surface area contributed by atoms with Crippen LogP contribution in [0.1, 0.15) is 11.8 Å². The van der Waals surface area contributed by atoms with Crippen molar-refractivity contribution in [3.05, 3.63) is 52.7 Å². The molecule has 1 saturated heterocycles. The Bertz CT molecular complexity index is 1580. The highest BCUT2D eigenvalue weighted by molar-refractivity contribution is 7.46. The number of para-hydroxylation sites is 1.